The maximum Gasteiger partial charge on any atom is 0.250 e. The molecular formula is C24H28ClN5O3. The number of ether oxygens (including phenoxy) is 2. The van der Waals surface area contributed by atoms with Gasteiger partial charge in [0.1, 0.15) is 13.2 Å². The molecule has 0 unspecified atom stereocenters. The van der Waals surface area contributed by atoms with Crippen LogP contribution in [0, 0.1) is 0 Å². The lowest BCUT2D eigenvalue weighted by atomic mass is 10.0. The predicted molar refractivity (Wildman–Crippen MR) is 127 cm³/mol. The highest BCUT2D eigenvalue weighted by Gasteiger charge is 2.20. The first-order chi connectivity index (χ1) is 16.1. The summed E-state index contributed by atoms with van der Waals surface area (Å²) in [6.45, 7) is 4.82. The van der Waals surface area contributed by atoms with Crippen LogP contribution in [0.3, 0.4) is 0 Å². The maximum atomic E-state index is 12.1. The number of halogens is 1. The Morgan fingerprint density at radius 3 is 2.73 bits per heavy atom. The van der Waals surface area contributed by atoms with Crippen molar-refractivity contribution >= 4 is 22.6 Å². The standard InChI is InChI=1S/C24H28ClN5O3/c1-29-23(31)3-2-20-24(29)18(19(25)14-28-20)6-9-30-7-4-16(5-8-30)26-13-17-12-21-22(15-27-17)33-11-10-32-21/h2-3,12,14-16,26H,4-11,13H2,1H3. The van der Waals surface area contributed by atoms with Gasteiger partial charge in [-0.3, -0.25) is 14.8 Å². The van der Waals surface area contributed by atoms with Gasteiger partial charge >= 0.3 is 0 Å². The van der Waals surface area contributed by atoms with Gasteiger partial charge in [-0.25, -0.2) is 0 Å². The van der Waals surface area contributed by atoms with E-state index in [-0.39, 0.29) is 5.56 Å². The highest BCUT2D eigenvalue weighted by atomic mass is 35.5. The summed E-state index contributed by atoms with van der Waals surface area (Å²) in [6.07, 6.45) is 6.37. The number of likely N-dealkylation sites (tertiary alicyclic amines) is 1. The Morgan fingerprint density at radius 2 is 1.91 bits per heavy atom. The molecule has 0 amide bonds. The quantitative estimate of drug-likeness (QED) is 0.594. The first-order valence-corrected chi connectivity index (χ1v) is 11.8. The highest BCUT2D eigenvalue weighted by Crippen LogP contribution is 2.29. The molecule has 0 bridgehead atoms. The van der Waals surface area contributed by atoms with Gasteiger partial charge in [-0.2, -0.15) is 0 Å². The van der Waals surface area contributed by atoms with Crippen molar-refractivity contribution in [1.82, 2.24) is 24.8 Å². The van der Waals surface area contributed by atoms with Crippen molar-refractivity contribution in [3.05, 3.63) is 57.2 Å². The number of aryl methyl sites for hydroxylation is 1. The summed E-state index contributed by atoms with van der Waals surface area (Å²) >= 11 is 6.48. The van der Waals surface area contributed by atoms with Crippen molar-refractivity contribution in [2.24, 2.45) is 7.05 Å². The van der Waals surface area contributed by atoms with Crippen LogP contribution in [0.5, 0.6) is 11.5 Å². The number of piperidine rings is 1. The number of hydrogen-bond donors (Lipinski definition) is 1. The number of pyridine rings is 3. The molecule has 0 aromatic carbocycles. The molecule has 9 heteroatoms. The zero-order valence-electron chi connectivity index (χ0n) is 18.7. The molecule has 8 nitrogen and oxygen atoms in total. The van der Waals surface area contributed by atoms with E-state index in [9.17, 15) is 4.79 Å². The SMILES string of the molecule is Cn1c(=O)ccc2ncc(Cl)c(CCN3CCC(NCc4cc5c(cn4)OCCO5)CC3)c21. The van der Waals surface area contributed by atoms with Gasteiger partial charge in [0.15, 0.2) is 11.5 Å². The molecule has 0 spiro atoms. The molecule has 5 heterocycles. The largest absolute Gasteiger partial charge is 0.486 e. The van der Waals surface area contributed by atoms with Gasteiger partial charge in [0.05, 0.1) is 27.9 Å². The van der Waals surface area contributed by atoms with Crippen molar-refractivity contribution in [2.75, 3.05) is 32.8 Å². The number of aromatic nitrogens is 3. The Labute approximate surface area is 197 Å². The van der Waals surface area contributed by atoms with Crippen LogP contribution in [-0.2, 0) is 20.0 Å². The summed E-state index contributed by atoms with van der Waals surface area (Å²) in [5.41, 5.74) is 3.54. The third-order valence-electron chi connectivity index (χ3n) is 6.51. The van der Waals surface area contributed by atoms with E-state index in [1.807, 2.05) is 6.07 Å². The second-order valence-electron chi connectivity index (χ2n) is 8.62. The average Bonchev–Trinajstić information content (AvgIpc) is 2.85. The number of nitrogens with zero attached hydrogens (tertiary/aromatic N) is 4. The molecular weight excluding hydrogens is 442 g/mol. The molecule has 1 fully saturated rings. The molecule has 1 N–H and O–H groups in total. The van der Waals surface area contributed by atoms with Crippen molar-refractivity contribution in [1.29, 1.82) is 0 Å². The minimum absolute atomic E-state index is 0.0489. The Hall–Kier alpha value is -2.68. The second-order valence-corrected chi connectivity index (χ2v) is 9.02. The van der Waals surface area contributed by atoms with Gasteiger partial charge in [-0.1, -0.05) is 11.6 Å². The Kier molecular flexibility index (Phi) is 6.48. The van der Waals surface area contributed by atoms with Crippen LogP contribution < -0.4 is 20.3 Å². The van der Waals surface area contributed by atoms with E-state index in [1.165, 1.54) is 0 Å². The molecule has 5 rings (SSSR count). The monoisotopic (exact) mass is 469 g/mol. The van der Waals surface area contributed by atoms with Crippen LogP contribution in [0.4, 0.5) is 0 Å². The van der Waals surface area contributed by atoms with Crippen molar-refractivity contribution in [3.8, 4) is 11.5 Å². The van der Waals surface area contributed by atoms with E-state index >= 15 is 0 Å². The average molecular weight is 470 g/mol. The normalized spacial score (nSPS) is 16.9. The Balaban J connectivity index is 1.15. The van der Waals surface area contributed by atoms with Gasteiger partial charge in [-0.05, 0) is 44.0 Å². The fourth-order valence-electron chi connectivity index (χ4n) is 4.60. The number of rotatable bonds is 6. The number of nitrogens with one attached hydrogen (secondary N) is 1. The number of hydrogen-bond acceptors (Lipinski definition) is 7. The molecule has 174 valence electrons. The molecule has 2 aliphatic heterocycles. The van der Waals surface area contributed by atoms with Crippen LogP contribution in [-0.4, -0.2) is 58.3 Å². The molecule has 0 radical (unpaired) electrons. The first-order valence-electron chi connectivity index (χ1n) is 11.4. The summed E-state index contributed by atoms with van der Waals surface area (Å²) in [5, 5.41) is 4.25. The molecule has 3 aromatic rings. The van der Waals surface area contributed by atoms with Crippen LogP contribution >= 0.6 is 11.6 Å². The van der Waals surface area contributed by atoms with Gasteiger partial charge < -0.3 is 24.3 Å². The van der Waals surface area contributed by atoms with E-state index in [2.05, 4.69) is 20.2 Å². The van der Waals surface area contributed by atoms with E-state index in [0.29, 0.717) is 30.8 Å². The minimum atomic E-state index is -0.0489. The maximum absolute atomic E-state index is 12.1. The lowest BCUT2D eigenvalue weighted by Gasteiger charge is -2.32. The molecule has 1 saturated heterocycles. The molecule has 0 aliphatic carbocycles. The lowest BCUT2D eigenvalue weighted by Crippen LogP contribution is -2.43. The van der Waals surface area contributed by atoms with Gasteiger partial charge in [0.25, 0.3) is 5.56 Å². The smallest absolute Gasteiger partial charge is 0.250 e. The summed E-state index contributed by atoms with van der Waals surface area (Å²) in [6, 6.07) is 5.74. The highest BCUT2D eigenvalue weighted by molar-refractivity contribution is 6.32. The van der Waals surface area contributed by atoms with Crippen LogP contribution in [0.1, 0.15) is 24.1 Å². The lowest BCUT2D eigenvalue weighted by molar-refractivity contribution is 0.170. The molecule has 0 saturated carbocycles. The molecule has 33 heavy (non-hydrogen) atoms. The fraction of sp³-hybridized carbons (Fsp3) is 0.458. The molecule has 3 aromatic heterocycles. The minimum Gasteiger partial charge on any atom is -0.486 e. The number of fused-ring (bicyclic) bond motifs is 2. The van der Waals surface area contributed by atoms with Crippen LogP contribution in [0.2, 0.25) is 5.02 Å². The summed E-state index contributed by atoms with van der Waals surface area (Å²) in [7, 11) is 1.78. The topological polar surface area (TPSA) is 81.5 Å². The van der Waals surface area contributed by atoms with Crippen molar-refractivity contribution in [2.45, 2.75) is 31.8 Å². The predicted octanol–water partition coefficient (Wildman–Crippen LogP) is 2.55. The van der Waals surface area contributed by atoms with Gasteiger partial charge in [0, 0.05) is 44.5 Å². The molecule has 2 aliphatic rings. The Morgan fingerprint density at radius 1 is 1.12 bits per heavy atom. The van der Waals surface area contributed by atoms with E-state index in [4.69, 9.17) is 21.1 Å². The zero-order valence-corrected chi connectivity index (χ0v) is 19.5. The molecule has 0 atom stereocenters. The van der Waals surface area contributed by atoms with Crippen molar-refractivity contribution < 1.29 is 9.47 Å². The summed E-state index contributed by atoms with van der Waals surface area (Å²) in [4.78, 5) is 23.5. The zero-order chi connectivity index (χ0) is 22.8. The third kappa shape index (κ3) is 4.83. The first kappa shape index (κ1) is 22.1. The van der Waals surface area contributed by atoms with Crippen molar-refractivity contribution in [3.63, 3.8) is 0 Å². The van der Waals surface area contributed by atoms with Crippen LogP contribution in [0.25, 0.3) is 11.0 Å². The van der Waals surface area contributed by atoms with Crippen LogP contribution in [0.15, 0.2) is 35.4 Å². The van der Waals surface area contributed by atoms with E-state index < -0.39 is 0 Å². The third-order valence-corrected chi connectivity index (χ3v) is 6.83. The fourth-order valence-corrected chi connectivity index (χ4v) is 4.84. The Bertz CT molecular complexity index is 1210. The van der Waals surface area contributed by atoms with E-state index in [1.54, 1.807) is 36.1 Å². The van der Waals surface area contributed by atoms with Gasteiger partial charge in [-0.15, -0.1) is 0 Å². The van der Waals surface area contributed by atoms with E-state index in [0.717, 1.165) is 72.7 Å². The summed E-state index contributed by atoms with van der Waals surface area (Å²) in [5.74, 6) is 1.50. The van der Waals surface area contributed by atoms with Gasteiger partial charge in [0.2, 0.25) is 0 Å². The second kappa shape index (κ2) is 9.67. The summed E-state index contributed by atoms with van der Waals surface area (Å²) < 4.78 is 12.8.